The zero-order valence-electron chi connectivity index (χ0n) is 14.2. The first kappa shape index (κ1) is 21.9. The molecule has 0 unspecified atom stereocenters. The van der Waals surface area contributed by atoms with Crippen LogP contribution in [0.3, 0.4) is 0 Å². The number of benzene rings is 2. The van der Waals surface area contributed by atoms with E-state index in [1.807, 2.05) is 5.32 Å². The van der Waals surface area contributed by atoms with E-state index < -0.39 is 53.4 Å². The normalized spacial score (nSPS) is 11.7. The van der Waals surface area contributed by atoms with E-state index in [0.717, 1.165) is 0 Å². The predicted molar refractivity (Wildman–Crippen MR) is 85.6 cm³/mol. The van der Waals surface area contributed by atoms with Crippen molar-refractivity contribution in [1.29, 1.82) is 0 Å². The fourth-order valence-electron chi connectivity index (χ4n) is 2.11. The molecule has 0 aliphatic heterocycles. The molecule has 5 nitrogen and oxygen atoms in total. The molecule has 29 heavy (non-hydrogen) atoms. The molecule has 0 radical (unpaired) electrons. The van der Waals surface area contributed by atoms with Crippen molar-refractivity contribution in [3.63, 3.8) is 0 Å². The highest BCUT2D eigenvalue weighted by Gasteiger charge is 2.37. The monoisotopic (exact) mass is 419 g/mol. The molecule has 0 fully saturated rings. The van der Waals surface area contributed by atoms with Crippen molar-refractivity contribution in [3.8, 4) is 0 Å². The van der Waals surface area contributed by atoms with Gasteiger partial charge in [0.15, 0.2) is 6.61 Å². The van der Waals surface area contributed by atoms with Crippen LogP contribution in [0.2, 0.25) is 0 Å². The van der Waals surface area contributed by atoms with Gasteiger partial charge in [-0.2, -0.15) is 26.3 Å². The molecule has 0 heterocycles. The molecule has 0 aliphatic carbocycles. The Morgan fingerprint density at radius 3 is 1.79 bits per heavy atom. The summed E-state index contributed by atoms with van der Waals surface area (Å²) >= 11 is 0. The Labute approximate surface area is 159 Å². The van der Waals surface area contributed by atoms with Crippen LogP contribution in [0, 0.1) is 0 Å². The van der Waals surface area contributed by atoms with Crippen molar-refractivity contribution >= 4 is 17.8 Å². The minimum absolute atomic E-state index is 0.111. The van der Waals surface area contributed by atoms with Gasteiger partial charge < -0.3 is 4.74 Å². The standard InChI is InChI=1S/C18H11F6NO4/c19-17(20,21)12-6-11(7-13(8-12)18(22,23)24)16(28)29-9-14(26)25-15(27)10-4-2-1-3-5-10/h1-8H,9H2,(H,25,26,27). The van der Waals surface area contributed by atoms with Crippen LogP contribution in [-0.2, 0) is 21.9 Å². The van der Waals surface area contributed by atoms with Crippen LogP contribution < -0.4 is 5.32 Å². The Morgan fingerprint density at radius 2 is 1.31 bits per heavy atom. The van der Waals surface area contributed by atoms with Gasteiger partial charge in [0.2, 0.25) is 0 Å². The number of alkyl halides is 6. The Bertz CT molecular complexity index is 890. The third-order valence-corrected chi connectivity index (χ3v) is 3.45. The van der Waals surface area contributed by atoms with Gasteiger partial charge in [-0.1, -0.05) is 18.2 Å². The number of ether oxygens (including phenoxy) is 1. The molecule has 0 saturated heterocycles. The topological polar surface area (TPSA) is 72.5 Å². The molecule has 154 valence electrons. The zero-order valence-corrected chi connectivity index (χ0v) is 14.2. The summed E-state index contributed by atoms with van der Waals surface area (Å²) in [4.78, 5) is 35.2. The first-order valence-corrected chi connectivity index (χ1v) is 7.74. The number of hydrogen-bond acceptors (Lipinski definition) is 4. The Kier molecular flexibility index (Phi) is 6.30. The summed E-state index contributed by atoms with van der Waals surface area (Å²) in [5, 5.41) is 1.86. The molecule has 1 N–H and O–H groups in total. The van der Waals surface area contributed by atoms with Crippen molar-refractivity contribution < 1.29 is 45.5 Å². The second-order valence-corrected chi connectivity index (χ2v) is 5.61. The van der Waals surface area contributed by atoms with Gasteiger partial charge in [-0.05, 0) is 30.3 Å². The van der Waals surface area contributed by atoms with Crippen molar-refractivity contribution in [1.82, 2.24) is 5.32 Å². The largest absolute Gasteiger partial charge is 0.452 e. The summed E-state index contributed by atoms with van der Waals surface area (Å²) in [5.74, 6) is -3.54. The Hall–Kier alpha value is -3.37. The van der Waals surface area contributed by atoms with E-state index in [-0.39, 0.29) is 23.8 Å². The van der Waals surface area contributed by atoms with Gasteiger partial charge in [0.05, 0.1) is 16.7 Å². The van der Waals surface area contributed by atoms with Crippen LogP contribution in [0.25, 0.3) is 0 Å². The molecule has 0 aliphatic rings. The molecule has 11 heteroatoms. The molecule has 0 saturated carbocycles. The first-order valence-electron chi connectivity index (χ1n) is 7.74. The molecule has 0 atom stereocenters. The van der Waals surface area contributed by atoms with Crippen molar-refractivity contribution in [2.75, 3.05) is 6.61 Å². The van der Waals surface area contributed by atoms with E-state index in [2.05, 4.69) is 4.74 Å². The molecule has 0 spiro atoms. The maximum Gasteiger partial charge on any atom is 0.416 e. The smallest absolute Gasteiger partial charge is 0.416 e. The van der Waals surface area contributed by atoms with Crippen molar-refractivity contribution in [2.24, 2.45) is 0 Å². The fourth-order valence-corrected chi connectivity index (χ4v) is 2.11. The zero-order chi connectivity index (χ0) is 21.8. The highest BCUT2D eigenvalue weighted by atomic mass is 19.4. The molecular formula is C18H11F6NO4. The van der Waals surface area contributed by atoms with E-state index in [4.69, 9.17) is 0 Å². The van der Waals surface area contributed by atoms with Gasteiger partial charge in [-0.15, -0.1) is 0 Å². The average Bonchev–Trinajstić information content (AvgIpc) is 2.65. The second kappa shape index (κ2) is 8.33. The second-order valence-electron chi connectivity index (χ2n) is 5.61. The number of amides is 2. The summed E-state index contributed by atoms with van der Waals surface area (Å²) in [6.07, 6.45) is -10.3. The maximum atomic E-state index is 12.8. The van der Waals surface area contributed by atoms with Crippen molar-refractivity contribution in [2.45, 2.75) is 12.4 Å². The van der Waals surface area contributed by atoms with Crippen LogP contribution >= 0.6 is 0 Å². The van der Waals surface area contributed by atoms with E-state index in [9.17, 15) is 40.7 Å². The first-order chi connectivity index (χ1) is 13.4. The molecule has 2 rings (SSSR count). The van der Waals surface area contributed by atoms with Gasteiger partial charge in [-0.3, -0.25) is 14.9 Å². The number of halogens is 6. The minimum atomic E-state index is -5.14. The highest BCUT2D eigenvalue weighted by molar-refractivity contribution is 6.05. The van der Waals surface area contributed by atoms with E-state index >= 15 is 0 Å². The Balaban J connectivity index is 2.10. The van der Waals surface area contributed by atoms with Gasteiger partial charge in [0.25, 0.3) is 11.8 Å². The van der Waals surface area contributed by atoms with Crippen molar-refractivity contribution in [3.05, 3.63) is 70.8 Å². The lowest BCUT2D eigenvalue weighted by Gasteiger charge is -2.13. The van der Waals surface area contributed by atoms with Gasteiger partial charge in [0.1, 0.15) is 0 Å². The van der Waals surface area contributed by atoms with E-state index in [1.54, 1.807) is 6.07 Å². The number of carbonyl (C=O) groups excluding carboxylic acids is 3. The number of hydrogen-bond donors (Lipinski definition) is 1. The number of rotatable bonds is 4. The van der Waals surface area contributed by atoms with Crippen LogP contribution in [-0.4, -0.2) is 24.4 Å². The van der Waals surface area contributed by atoms with Crippen LogP contribution in [0.5, 0.6) is 0 Å². The quantitative estimate of drug-likeness (QED) is 0.604. The van der Waals surface area contributed by atoms with Gasteiger partial charge >= 0.3 is 18.3 Å². The summed E-state index contributed by atoms with van der Waals surface area (Å²) in [7, 11) is 0. The summed E-state index contributed by atoms with van der Waals surface area (Å²) in [6.45, 7) is -1.09. The number of nitrogens with one attached hydrogen (secondary N) is 1. The highest BCUT2D eigenvalue weighted by Crippen LogP contribution is 2.36. The molecule has 0 bridgehead atoms. The fraction of sp³-hybridized carbons (Fsp3) is 0.167. The van der Waals surface area contributed by atoms with E-state index in [0.29, 0.717) is 0 Å². The van der Waals surface area contributed by atoms with Crippen LogP contribution in [0.4, 0.5) is 26.3 Å². The van der Waals surface area contributed by atoms with Crippen LogP contribution in [0.15, 0.2) is 48.5 Å². The summed E-state index contributed by atoms with van der Waals surface area (Å²) in [5.41, 5.74) is -4.35. The lowest BCUT2D eigenvalue weighted by molar-refractivity contribution is -0.143. The maximum absolute atomic E-state index is 12.8. The number of imide groups is 1. The third kappa shape index (κ3) is 6.06. The summed E-state index contributed by atoms with van der Waals surface area (Å²) in [6, 6.07) is 7.62. The number of carbonyl (C=O) groups is 3. The summed E-state index contributed by atoms with van der Waals surface area (Å²) < 4.78 is 81.2. The number of esters is 1. The third-order valence-electron chi connectivity index (χ3n) is 3.45. The Morgan fingerprint density at radius 1 is 0.793 bits per heavy atom. The van der Waals surface area contributed by atoms with Gasteiger partial charge in [-0.25, -0.2) is 4.79 Å². The van der Waals surface area contributed by atoms with E-state index in [1.165, 1.54) is 24.3 Å². The molecule has 2 amide bonds. The molecule has 0 aromatic heterocycles. The molecule has 2 aromatic rings. The average molecular weight is 419 g/mol. The van der Waals surface area contributed by atoms with Gasteiger partial charge in [0, 0.05) is 5.56 Å². The van der Waals surface area contributed by atoms with Crippen LogP contribution in [0.1, 0.15) is 31.8 Å². The molecular weight excluding hydrogens is 408 g/mol. The predicted octanol–water partition coefficient (Wildman–Crippen LogP) is 3.84. The lowest BCUT2D eigenvalue weighted by atomic mass is 10.0. The lowest BCUT2D eigenvalue weighted by Crippen LogP contribution is -2.34. The molecule has 2 aromatic carbocycles. The minimum Gasteiger partial charge on any atom is -0.452 e. The SMILES string of the molecule is O=C(COC(=O)c1cc(C(F)(F)F)cc(C(F)(F)F)c1)NC(=O)c1ccccc1.